The first kappa shape index (κ1) is 25.1. The van der Waals surface area contributed by atoms with Crippen molar-refractivity contribution in [3.05, 3.63) is 136 Å². The van der Waals surface area contributed by atoms with E-state index in [9.17, 15) is 0 Å². The van der Waals surface area contributed by atoms with E-state index in [0.717, 1.165) is 45.3 Å². The van der Waals surface area contributed by atoms with E-state index in [4.69, 9.17) is 9.47 Å². The van der Waals surface area contributed by atoms with Gasteiger partial charge in [-0.3, -0.25) is 0 Å². The fourth-order valence-corrected chi connectivity index (χ4v) is 4.91. The number of nitrogens with zero attached hydrogens (tertiary/aromatic N) is 1. The minimum atomic E-state index is 0.804. The highest BCUT2D eigenvalue weighted by atomic mass is 32.1. The van der Waals surface area contributed by atoms with Gasteiger partial charge in [-0.05, 0) is 71.6 Å². The smallest absolute Gasteiger partial charge is 0.128 e. The molecule has 5 aromatic rings. The molecular formula is C34H29NO2S. The fraction of sp³-hybridized carbons (Fsp3) is 0.0588. The predicted octanol–water partition coefficient (Wildman–Crippen LogP) is 9.58. The van der Waals surface area contributed by atoms with Crippen LogP contribution >= 0.6 is 11.3 Å². The molecule has 5 rings (SSSR count). The Bertz CT molecular complexity index is 1480. The second-order valence-corrected chi connectivity index (χ2v) is 9.60. The van der Waals surface area contributed by atoms with Crippen molar-refractivity contribution in [2.24, 2.45) is 0 Å². The van der Waals surface area contributed by atoms with Gasteiger partial charge in [0.1, 0.15) is 11.5 Å². The summed E-state index contributed by atoms with van der Waals surface area (Å²) in [5.41, 5.74) is 6.30. The molecule has 0 radical (unpaired) electrons. The molecule has 0 spiro atoms. The highest BCUT2D eigenvalue weighted by Gasteiger charge is 2.14. The summed E-state index contributed by atoms with van der Waals surface area (Å²) in [4.78, 5) is 3.44. The average molecular weight is 516 g/mol. The summed E-state index contributed by atoms with van der Waals surface area (Å²) >= 11 is 1.71. The van der Waals surface area contributed by atoms with Gasteiger partial charge in [-0.1, -0.05) is 66.7 Å². The molecule has 0 saturated heterocycles. The SMILES string of the molecule is COc1cc(C=Cc2ccc(N(c3ccccc3)c3ccccc3)cc2OC)ccc1C=Cc1cccs1. The van der Waals surface area contributed by atoms with E-state index >= 15 is 0 Å². The van der Waals surface area contributed by atoms with Crippen LogP contribution in [-0.4, -0.2) is 14.2 Å². The van der Waals surface area contributed by atoms with Crippen molar-refractivity contribution in [3.8, 4) is 11.5 Å². The van der Waals surface area contributed by atoms with E-state index in [-0.39, 0.29) is 0 Å². The van der Waals surface area contributed by atoms with Crippen molar-refractivity contribution in [2.45, 2.75) is 0 Å². The van der Waals surface area contributed by atoms with Crippen LogP contribution < -0.4 is 14.4 Å². The lowest BCUT2D eigenvalue weighted by atomic mass is 10.1. The molecule has 38 heavy (non-hydrogen) atoms. The molecule has 1 heterocycles. The number of hydrogen-bond donors (Lipinski definition) is 0. The molecule has 0 bridgehead atoms. The van der Waals surface area contributed by atoms with E-state index < -0.39 is 0 Å². The Morgan fingerprint density at radius 3 is 1.76 bits per heavy atom. The third-order valence-corrected chi connectivity index (χ3v) is 7.02. The van der Waals surface area contributed by atoms with Crippen LogP contribution in [0.1, 0.15) is 21.6 Å². The molecule has 0 amide bonds. The Morgan fingerprint density at radius 2 is 1.16 bits per heavy atom. The van der Waals surface area contributed by atoms with E-state index in [1.807, 2.05) is 12.1 Å². The molecule has 1 aromatic heterocycles. The van der Waals surface area contributed by atoms with Gasteiger partial charge in [0.05, 0.1) is 14.2 Å². The van der Waals surface area contributed by atoms with Gasteiger partial charge in [-0.15, -0.1) is 11.3 Å². The van der Waals surface area contributed by atoms with Crippen molar-refractivity contribution in [3.63, 3.8) is 0 Å². The van der Waals surface area contributed by atoms with Crippen LogP contribution in [0, 0.1) is 0 Å². The van der Waals surface area contributed by atoms with Crippen LogP contribution in [0.5, 0.6) is 11.5 Å². The quantitative estimate of drug-likeness (QED) is 0.182. The first-order chi connectivity index (χ1) is 18.7. The molecule has 0 saturated carbocycles. The summed E-state index contributed by atoms with van der Waals surface area (Å²) in [6, 6.07) is 37.4. The fourth-order valence-electron chi connectivity index (χ4n) is 4.29. The maximum atomic E-state index is 5.82. The summed E-state index contributed by atoms with van der Waals surface area (Å²) in [6.45, 7) is 0. The monoisotopic (exact) mass is 515 g/mol. The highest BCUT2D eigenvalue weighted by molar-refractivity contribution is 7.10. The zero-order valence-electron chi connectivity index (χ0n) is 21.5. The zero-order valence-corrected chi connectivity index (χ0v) is 22.3. The van der Waals surface area contributed by atoms with Crippen molar-refractivity contribution in [2.75, 3.05) is 19.1 Å². The molecule has 0 aliphatic rings. The third-order valence-electron chi connectivity index (χ3n) is 6.19. The van der Waals surface area contributed by atoms with Gasteiger partial charge in [-0.2, -0.15) is 0 Å². The number of para-hydroxylation sites is 2. The Morgan fingerprint density at radius 1 is 0.553 bits per heavy atom. The Balaban J connectivity index is 1.42. The first-order valence-corrected chi connectivity index (χ1v) is 13.3. The molecule has 0 unspecified atom stereocenters. The number of anilines is 3. The molecule has 188 valence electrons. The number of hydrogen-bond acceptors (Lipinski definition) is 4. The van der Waals surface area contributed by atoms with Gasteiger partial charge < -0.3 is 14.4 Å². The molecule has 0 aliphatic carbocycles. The second-order valence-electron chi connectivity index (χ2n) is 8.62. The lowest BCUT2D eigenvalue weighted by molar-refractivity contribution is 0.414. The van der Waals surface area contributed by atoms with Gasteiger partial charge in [0, 0.05) is 39.1 Å². The molecule has 4 aromatic carbocycles. The van der Waals surface area contributed by atoms with Gasteiger partial charge in [-0.25, -0.2) is 0 Å². The average Bonchev–Trinajstić information content (AvgIpc) is 3.50. The number of ether oxygens (including phenoxy) is 2. The van der Waals surface area contributed by atoms with Crippen LogP contribution in [-0.2, 0) is 0 Å². The number of methoxy groups -OCH3 is 2. The van der Waals surface area contributed by atoms with Crippen molar-refractivity contribution < 1.29 is 9.47 Å². The number of thiophene rings is 1. The van der Waals surface area contributed by atoms with Crippen molar-refractivity contribution >= 4 is 52.7 Å². The van der Waals surface area contributed by atoms with E-state index in [1.54, 1.807) is 25.6 Å². The number of benzene rings is 4. The van der Waals surface area contributed by atoms with Crippen LogP contribution in [0.25, 0.3) is 24.3 Å². The molecule has 3 nitrogen and oxygen atoms in total. The lowest BCUT2D eigenvalue weighted by Gasteiger charge is -2.26. The van der Waals surface area contributed by atoms with Gasteiger partial charge >= 0.3 is 0 Å². The molecule has 0 fully saturated rings. The maximum Gasteiger partial charge on any atom is 0.128 e. The molecule has 4 heteroatoms. The predicted molar refractivity (Wildman–Crippen MR) is 163 cm³/mol. The lowest BCUT2D eigenvalue weighted by Crippen LogP contribution is -2.09. The van der Waals surface area contributed by atoms with Crippen LogP contribution in [0.4, 0.5) is 17.1 Å². The summed E-state index contributed by atoms with van der Waals surface area (Å²) in [6.07, 6.45) is 8.36. The van der Waals surface area contributed by atoms with Gasteiger partial charge in [0.2, 0.25) is 0 Å². The molecule has 0 N–H and O–H groups in total. The van der Waals surface area contributed by atoms with Crippen LogP contribution in [0.3, 0.4) is 0 Å². The van der Waals surface area contributed by atoms with E-state index in [0.29, 0.717) is 0 Å². The Hall–Kier alpha value is -4.54. The van der Waals surface area contributed by atoms with E-state index in [1.165, 1.54) is 4.88 Å². The Labute approximate surface area is 228 Å². The van der Waals surface area contributed by atoms with Crippen LogP contribution in [0.15, 0.2) is 115 Å². The number of rotatable bonds is 9. The van der Waals surface area contributed by atoms with Gasteiger partial charge in [0.25, 0.3) is 0 Å². The van der Waals surface area contributed by atoms with Crippen molar-refractivity contribution in [1.82, 2.24) is 0 Å². The van der Waals surface area contributed by atoms with E-state index in [2.05, 4.69) is 132 Å². The molecular weight excluding hydrogens is 486 g/mol. The first-order valence-electron chi connectivity index (χ1n) is 12.4. The van der Waals surface area contributed by atoms with Gasteiger partial charge in [0.15, 0.2) is 0 Å². The standard InChI is InChI=1S/C34H29NO2S/c1-36-33-24-26(16-18-28(33)20-22-32-14-9-23-38-32)15-17-27-19-21-31(25-34(27)37-2)35(29-10-5-3-6-11-29)30-12-7-4-8-13-30/h3-25H,1-2H3. The Kier molecular flexibility index (Phi) is 8.02. The molecule has 0 atom stereocenters. The third kappa shape index (κ3) is 5.88. The molecule has 0 aliphatic heterocycles. The van der Waals surface area contributed by atoms with Crippen molar-refractivity contribution in [1.29, 1.82) is 0 Å². The summed E-state index contributed by atoms with van der Waals surface area (Å²) < 4.78 is 11.5. The minimum absolute atomic E-state index is 0.804. The topological polar surface area (TPSA) is 21.7 Å². The summed E-state index contributed by atoms with van der Waals surface area (Å²) in [7, 11) is 3.42. The minimum Gasteiger partial charge on any atom is -0.496 e. The largest absolute Gasteiger partial charge is 0.496 e. The van der Waals surface area contributed by atoms with Crippen LogP contribution in [0.2, 0.25) is 0 Å². The normalized spacial score (nSPS) is 11.2. The highest BCUT2D eigenvalue weighted by Crippen LogP contribution is 2.37. The zero-order chi connectivity index (χ0) is 26.2. The summed E-state index contributed by atoms with van der Waals surface area (Å²) in [5.74, 6) is 1.64. The summed E-state index contributed by atoms with van der Waals surface area (Å²) in [5, 5.41) is 2.08. The maximum absolute atomic E-state index is 5.82. The second kappa shape index (κ2) is 12.1.